The van der Waals surface area contributed by atoms with Crippen molar-refractivity contribution in [2.45, 2.75) is 45.6 Å². The Morgan fingerprint density at radius 2 is 1.75 bits per heavy atom. The summed E-state index contributed by atoms with van der Waals surface area (Å²) in [6, 6.07) is 9.82. The quantitative estimate of drug-likeness (QED) is 0.905. The lowest BCUT2D eigenvalue weighted by Crippen LogP contribution is -2.30. The molecular weight excluding hydrogens is 244 g/mol. The molecule has 0 radical (unpaired) electrons. The van der Waals surface area contributed by atoms with Gasteiger partial charge < -0.3 is 5.32 Å². The molecule has 0 saturated carbocycles. The zero-order chi connectivity index (χ0) is 14.2. The molecule has 2 fully saturated rings. The SMILES string of the molecule is CC(C)c1ccc(C(C)N2CCC3(CCNC3)C2)cc1. The van der Waals surface area contributed by atoms with Gasteiger partial charge in [-0.25, -0.2) is 0 Å². The van der Waals surface area contributed by atoms with E-state index in [0.29, 0.717) is 17.4 Å². The second-order valence-corrected chi connectivity index (χ2v) is 7.14. The average molecular weight is 272 g/mol. The Kier molecular flexibility index (Phi) is 3.87. The third-order valence-electron chi connectivity index (χ3n) is 5.43. The molecule has 2 aliphatic heterocycles. The van der Waals surface area contributed by atoms with Gasteiger partial charge in [0.2, 0.25) is 0 Å². The first-order valence-corrected chi connectivity index (χ1v) is 8.14. The molecule has 0 aliphatic carbocycles. The lowest BCUT2D eigenvalue weighted by Gasteiger charge is -2.28. The van der Waals surface area contributed by atoms with Crippen LogP contribution in [0.3, 0.4) is 0 Å². The minimum atomic E-state index is 0.552. The Balaban J connectivity index is 1.68. The first kappa shape index (κ1) is 14.1. The largest absolute Gasteiger partial charge is 0.316 e. The predicted octanol–water partition coefficient (Wildman–Crippen LogP) is 3.56. The van der Waals surface area contributed by atoms with Gasteiger partial charge in [-0.3, -0.25) is 4.90 Å². The van der Waals surface area contributed by atoms with Gasteiger partial charge >= 0.3 is 0 Å². The maximum Gasteiger partial charge on any atom is 0.0320 e. The molecule has 0 aromatic heterocycles. The van der Waals surface area contributed by atoms with E-state index in [-0.39, 0.29) is 0 Å². The smallest absolute Gasteiger partial charge is 0.0320 e. The monoisotopic (exact) mass is 272 g/mol. The molecule has 1 spiro atoms. The summed E-state index contributed by atoms with van der Waals surface area (Å²) in [7, 11) is 0. The van der Waals surface area contributed by atoms with Crippen LogP contribution < -0.4 is 5.32 Å². The van der Waals surface area contributed by atoms with E-state index < -0.39 is 0 Å². The normalized spacial score (nSPS) is 28.6. The molecule has 0 bridgehead atoms. The summed E-state index contributed by atoms with van der Waals surface area (Å²) in [5, 5.41) is 3.55. The molecule has 3 rings (SSSR count). The van der Waals surface area contributed by atoms with Gasteiger partial charge in [-0.2, -0.15) is 0 Å². The highest BCUT2D eigenvalue weighted by atomic mass is 15.2. The summed E-state index contributed by atoms with van der Waals surface area (Å²) < 4.78 is 0. The number of hydrogen-bond acceptors (Lipinski definition) is 2. The van der Waals surface area contributed by atoms with Crippen LogP contribution in [-0.4, -0.2) is 31.1 Å². The van der Waals surface area contributed by atoms with E-state index in [9.17, 15) is 0 Å². The minimum Gasteiger partial charge on any atom is -0.316 e. The van der Waals surface area contributed by atoms with Crippen molar-refractivity contribution in [2.75, 3.05) is 26.2 Å². The first-order chi connectivity index (χ1) is 9.60. The van der Waals surface area contributed by atoms with Crippen LogP contribution >= 0.6 is 0 Å². The summed E-state index contributed by atoms with van der Waals surface area (Å²) in [5.74, 6) is 0.624. The topological polar surface area (TPSA) is 15.3 Å². The molecule has 1 aromatic carbocycles. The van der Waals surface area contributed by atoms with E-state index in [1.807, 2.05) is 0 Å². The Morgan fingerprint density at radius 1 is 1.05 bits per heavy atom. The maximum atomic E-state index is 3.55. The number of rotatable bonds is 3. The van der Waals surface area contributed by atoms with Crippen molar-refractivity contribution in [1.29, 1.82) is 0 Å². The van der Waals surface area contributed by atoms with Crippen LogP contribution in [0.2, 0.25) is 0 Å². The van der Waals surface area contributed by atoms with Gasteiger partial charge in [0.15, 0.2) is 0 Å². The van der Waals surface area contributed by atoms with Crippen LogP contribution in [0.1, 0.15) is 56.7 Å². The van der Waals surface area contributed by atoms with E-state index in [0.717, 1.165) is 0 Å². The maximum absolute atomic E-state index is 3.55. The molecule has 2 unspecified atom stereocenters. The minimum absolute atomic E-state index is 0.552. The van der Waals surface area contributed by atoms with E-state index in [1.165, 1.54) is 50.1 Å². The summed E-state index contributed by atoms with van der Waals surface area (Å²) in [4.78, 5) is 2.68. The standard InChI is InChI=1S/C18H28N2/c1-14(2)16-4-6-17(7-5-16)15(3)20-11-9-18(13-20)8-10-19-12-18/h4-7,14-15,19H,8-13H2,1-3H3. The molecule has 0 amide bonds. The summed E-state index contributed by atoms with van der Waals surface area (Å²) in [5.41, 5.74) is 3.49. The van der Waals surface area contributed by atoms with Crippen LogP contribution in [0.15, 0.2) is 24.3 Å². The third-order valence-corrected chi connectivity index (χ3v) is 5.43. The van der Waals surface area contributed by atoms with Gasteiger partial charge in [0.25, 0.3) is 0 Å². The second kappa shape index (κ2) is 5.50. The van der Waals surface area contributed by atoms with Crippen molar-refractivity contribution in [3.05, 3.63) is 35.4 Å². The van der Waals surface area contributed by atoms with E-state index >= 15 is 0 Å². The highest BCUT2D eigenvalue weighted by molar-refractivity contribution is 5.27. The number of likely N-dealkylation sites (tertiary alicyclic amines) is 1. The van der Waals surface area contributed by atoms with Crippen molar-refractivity contribution in [3.63, 3.8) is 0 Å². The lowest BCUT2D eigenvalue weighted by atomic mass is 9.86. The number of nitrogens with zero attached hydrogens (tertiary/aromatic N) is 1. The third kappa shape index (κ3) is 2.64. The fourth-order valence-corrected chi connectivity index (χ4v) is 3.81. The Hall–Kier alpha value is -0.860. The molecule has 2 saturated heterocycles. The zero-order valence-electron chi connectivity index (χ0n) is 13.2. The van der Waals surface area contributed by atoms with Crippen molar-refractivity contribution >= 4 is 0 Å². The highest BCUT2D eigenvalue weighted by Gasteiger charge is 2.41. The van der Waals surface area contributed by atoms with Gasteiger partial charge in [-0.15, -0.1) is 0 Å². The van der Waals surface area contributed by atoms with Crippen LogP contribution in [-0.2, 0) is 0 Å². The number of hydrogen-bond donors (Lipinski definition) is 1. The Morgan fingerprint density at radius 3 is 2.35 bits per heavy atom. The second-order valence-electron chi connectivity index (χ2n) is 7.14. The van der Waals surface area contributed by atoms with Crippen molar-refractivity contribution in [2.24, 2.45) is 5.41 Å². The van der Waals surface area contributed by atoms with E-state index in [2.05, 4.69) is 55.3 Å². The molecular formula is C18H28N2. The molecule has 1 aromatic rings. The van der Waals surface area contributed by atoms with E-state index in [4.69, 9.17) is 0 Å². The lowest BCUT2D eigenvalue weighted by molar-refractivity contribution is 0.224. The van der Waals surface area contributed by atoms with Crippen LogP contribution in [0, 0.1) is 5.41 Å². The van der Waals surface area contributed by atoms with Gasteiger partial charge in [0, 0.05) is 19.1 Å². The Labute approximate surface area is 123 Å². The average Bonchev–Trinajstić information content (AvgIpc) is 3.09. The fourth-order valence-electron chi connectivity index (χ4n) is 3.81. The summed E-state index contributed by atoms with van der Waals surface area (Å²) >= 11 is 0. The van der Waals surface area contributed by atoms with Gasteiger partial charge in [-0.1, -0.05) is 38.1 Å². The van der Waals surface area contributed by atoms with Crippen molar-refractivity contribution < 1.29 is 0 Å². The molecule has 2 heterocycles. The van der Waals surface area contributed by atoms with Crippen LogP contribution in [0.4, 0.5) is 0 Å². The summed E-state index contributed by atoms with van der Waals surface area (Å²) in [6.07, 6.45) is 2.73. The molecule has 110 valence electrons. The summed E-state index contributed by atoms with van der Waals surface area (Å²) in [6.45, 7) is 11.9. The van der Waals surface area contributed by atoms with Gasteiger partial charge in [0.05, 0.1) is 0 Å². The van der Waals surface area contributed by atoms with Gasteiger partial charge in [0.1, 0.15) is 0 Å². The molecule has 2 heteroatoms. The van der Waals surface area contributed by atoms with Crippen molar-refractivity contribution in [3.8, 4) is 0 Å². The molecule has 2 atom stereocenters. The van der Waals surface area contributed by atoms with Crippen LogP contribution in [0.25, 0.3) is 0 Å². The number of nitrogens with one attached hydrogen (secondary N) is 1. The van der Waals surface area contributed by atoms with Crippen LogP contribution in [0.5, 0.6) is 0 Å². The highest BCUT2D eigenvalue weighted by Crippen LogP contribution is 2.39. The predicted molar refractivity (Wildman–Crippen MR) is 85.1 cm³/mol. The molecule has 2 nitrogen and oxygen atoms in total. The van der Waals surface area contributed by atoms with E-state index in [1.54, 1.807) is 0 Å². The molecule has 2 aliphatic rings. The molecule has 1 N–H and O–H groups in total. The zero-order valence-corrected chi connectivity index (χ0v) is 13.2. The molecule has 20 heavy (non-hydrogen) atoms. The fraction of sp³-hybridized carbons (Fsp3) is 0.667. The van der Waals surface area contributed by atoms with Crippen molar-refractivity contribution in [1.82, 2.24) is 10.2 Å². The van der Waals surface area contributed by atoms with Gasteiger partial charge in [-0.05, 0) is 55.3 Å². The number of benzene rings is 1. The Bertz CT molecular complexity index is 443. The first-order valence-electron chi connectivity index (χ1n) is 8.14.